The fourth-order valence-electron chi connectivity index (χ4n) is 4.78. The number of carbonyl (C=O) groups is 2. The molecule has 0 aromatic heterocycles. The second kappa shape index (κ2) is 12.2. The second-order valence-electron chi connectivity index (χ2n) is 8.61. The number of fused-ring (bicyclic) bond motifs is 4. The van der Waals surface area contributed by atoms with Crippen molar-refractivity contribution < 1.29 is 31.9 Å². The number of ether oxygens (including phenoxy) is 1. The van der Waals surface area contributed by atoms with Gasteiger partial charge in [0.25, 0.3) is 5.91 Å². The average Bonchev–Trinajstić information content (AvgIpc) is 3.28. The number of hydrogen-bond donors (Lipinski definition) is 2. The molecule has 0 aliphatic heterocycles. The molecule has 2 saturated carbocycles. The van der Waals surface area contributed by atoms with Gasteiger partial charge in [-0.25, -0.2) is 4.39 Å². The number of amides is 2. The second-order valence-corrected chi connectivity index (χ2v) is 10.2. The van der Waals surface area contributed by atoms with E-state index in [0.717, 1.165) is 35.1 Å². The van der Waals surface area contributed by atoms with E-state index in [-0.39, 0.29) is 48.1 Å². The van der Waals surface area contributed by atoms with Crippen LogP contribution in [0, 0.1) is 5.92 Å². The summed E-state index contributed by atoms with van der Waals surface area (Å²) < 4.78 is 56.7. The molecule has 0 aromatic carbocycles. The van der Waals surface area contributed by atoms with Gasteiger partial charge < -0.3 is 15.4 Å². The highest BCUT2D eigenvalue weighted by Gasteiger charge is 2.47. The Morgan fingerprint density at radius 1 is 1.06 bits per heavy atom. The van der Waals surface area contributed by atoms with E-state index in [9.17, 15) is 27.2 Å². The molecule has 4 bridgehead atoms. The van der Waals surface area contributed by atoms with Crippen LogP contribution in [0.15, 0.2) is 70.4 Å². The third-order valence-electron chi connectivity index (χ3n) is 6.24. The Kier molecular flexibility index (Phi) is 9.52. The van der Waals surface area contributed by atoms with Gasteiger partial charge >= 0.3 is 5.51 Å². The molecule has 0 atom stereocenters. The normalized spacial score (nSPS) is 21.3. The molecule has 0 heterocycles. The van der Waals surface area contributed by atoms with Crippen LogP contribution in [0.1, 0.15) is 38.5 Å². The smallest absolute Gasteiger partial charge is 0.442 e. The third kappa shape index (κ3) is 7.52. The molecule has 0 spiro atoms. The molecule has 2 amide bonds. The van der Waals surface area contributed by atoms with E-state index < -0.39 is 22.5 Å². The molecular formula is C25H27ClF4N2O3S. The number of nitrogens with one attached hydrogen (secondary N) is 2. The van der Waals surface area contributed by atoms with Crippen LogP contribution in [0.25, 0.3) is 0 Å². The zero-order valence-corrected chi connectivity index (χ0v) is 21.1. The van der Waals surface area contributed by atoms with Gasteiger partial charge in [-0.1, -0.05) is 47.1 Å². The van der Waals surface area contributed by atoms with Crippen molar-refractivity contribution in [3.63, 3.8) is 0 Å². The number of alkyl halides is 3. The average molecular weight is 547 g/mol. The first kappa shape index (κ1) is 28.1. The monoisotopic (exact) mass is 546 g/mol. The standard InChI is InChI=1S/C25H27ClF4N2O3S/c1-14(32-23(34)13-35-11-3-4-21(26)15(2)27)5-10-22(33)31-12-20-16-6-7-17(20)19-9-8-18(16)24(19)36-25(28,29)30/h3-4,11,20,24H,1-2,5-10,12-13H2,(H,31,33)(H,32,34)/b11-3+,21-4+. The summed E-state index contributed by atoms with van der Waals surface area (Å²) in [5.74, 6) is -1.50. The maximum absolute atomic E-state index is 13.0. The zero-order chi connectivity index (χ0) is 26.5. The van der Waals surface area contributed by atoms with Crippen molar-refractivity contribution in [1.29, 1.82) is 0 Å². The van der Waals surface area contributed by atoms with Crippen LogP contribution in [0.2, 0.25) is 0 Å². The number of thioether (sulfide) groups is 1. The zero-order valence-electron chi connectivity index (χ0n) is 19.5. The van der Waals surface area contributed by atoms with Crippen LogP contribution in [0.3, 0.4) is 0 Å². The van der Waals surface area contributed by atoms with E-state index in [4.69, 9.17) is 16.3 Å². The predicted octanol–water partition coefficient (Wildman–Crippen LogP) is 6.08. The highest BCUT2D eigenvalue weighted by Crippen LogP contribution is 2.57. The Labute approximate surface area is 216 Å². The quantitative estimate of drug-likeness (QED) is 0.135. The van der Waals surface area contributed by atoms with Crippen molar-refractivity contribution in [1.82, 2.24) is 10.6 Å². The molecule has 0 saturated heterocycles. The summed E-state index contributed by atoms with van der Waals surface area (Å²) in [4.78, 5) is 24.2. The Hall–Kier alpha value is -2.46. The molecule has 0 radical (unpaired) electrons. The summed E-state index contributed by atoms with van der Waals surface area (Å²) in [5, 5.41) is 4.65. The lowest BCUT2D eigenvalue weighted by Crippen LogP contribution is -2.32. The maximum atomic E-state index is 13.0. The summed E-state index contributed by atoms with van der Waals surface area (Å²) in [6, 6.07) is 0. The molecule has 3 rings (SSSR count). The lowest BCUT2D eigenvalue weighted by Gasteiger charge is -2.28. The fourth-order valence-corrected chi connectivity index (χ4v) is 5.94. The highest BCUT2D eigenvalue weighted by molar-refractivity contribution is 8.01. The minimum atomic E-state index is -4.27. The Morgan fingerprint density at radius 2 is 1.67 bits per heavy atom. The summed E-state index contributed by atoms with van der Waals surface area (Å²) in [7, 11) is 0. The molecule has 5 nitrogen and oxygen atoms in total. The topological polar surface area (TPSA) is 67.4 Å². The van der Waals surface area contributed by atoms with E-state index in [1.807, 2.05) is 0 Å². The molecule has 2 N–H and O–H groups in total. The number of hydrogen-bond acceptors (Lipinski definition) is 4. The molecule has 3 aliphatic rings. The molecule has 0 unspecified atom stereocenters. The number of carbonyl (C=O) groups excluding carboxylic acids is 2. The number of allylic oxidation sites excluding steroid dienone is 5. The largest absolute Gasteiger partial charge is 0.491 e. The van der Waals surface area contributed by atoms with Crippen LogP contribution in [-0.4, -0.2) is 35.7 Å². The molecule has 196 valence electrons. The van der Waals surface area contributed by atoms with Gasteiger partial charge in [-0.3, -0.25) is 9.59 Å². The molecule has 11 heteroatoms. The highest BCUT2D eigenvalue weighted by atomic mass is 35.5. The van der Waals surface area contributed by atoms with Crippen LogP contribution >= 0.6 is 23.4 Å². The molecule has 3 aliphatic carbocycles. The van der Waals surface area contributed by atoms with Crippen LogP contribution in [0.5, 0.6) is 0 Å². The van der Waals surface area contributed by atoms with Crippen LogP contribution < -0.4 is 10.6 Å². The molecular weight excluding hydrogens is 520 g/mol. The number of halogens is 5. The van der Waals surface area contributed by atoms with Gasteiger partial charge in [0.1, 0.15) is 5.83 Å². The SMILES string of the molecule is C=C(CCC(=O)NCC1C2=C3CCC(=C1CC2)C3SC(F)(F)F)NC(=O)CO/C=C/C=C(/Cl)C(=C)F. The predicted molar refractivity (Wildman–Crippen MR) is 132 cm³/mol. The molecule has 2 fully saturated rings. The van der Waals surface area contributed by atoms with Gasteiger partial charge in [-0.05, 0) is 56.0 Å². The minimum Gasteiger partial charge on any atom is -0.491 e. The van der Waals surface area contributed by atoms with Gasteiger partial charge in [-0.2, -0.15) is 13.2 Å². The van der Waals surface area contributed by atoms with Gasteiger partial charge in [0.2, 0.25) is 5.91 Å². The summed E-state index contributed by atoms with van der Waals surface area (Å²) in [6.07, 6.45) is 6.89. The summed E-state index contributed by atoms with van der Waals surface area (Å²) >= 11 is 5.60. The first-order chi connectivity index (χ1) is 17.0. The lowest BCUT2D eigenvalue weighted by atomic mass is 9.87. The van der Waals surface area contributed by atoms with E-state index in [2.05, 4.69) is 23.8 Å². The fraction of sp³-hybridized carbons (Fsp3) is 0.440. The van der Waals surface area contributed by atoms with Gasteiger partial charge in [0.15, 0.2) is 6.61 Å². The van der Waals surface area contributed by atoms with Crippen molar-refractivity contribution in [2.45, 2.75) is 49.3 Å². The van der Waals surface area contributed by atoms with Crippen molar-refractivity contribution in [2.24, 2.45) is 5.92 Å². The van der Waals surface area contributed by atoms with Gasteiger partial charge in [0.05, 0.1) is 16.5 Å². The van der Waals surface area contributed by atoms with Crippen molar-refractivity contribution in [3.05, 3.63) is 70.4 Å². The Balaban J connectivity index is 1.39. The van der Waals surface area contributed by atoms with Crippen molar-refractivity contribution in [2.75, 3.05) is 13.2 Å². The Bertz CT molecular complexity index is 1030. The maximum Gasteiger partial charge on any atom is 0.442 e. The molecule has 36 heavy (non-hydrogen) atoms. The molecule has 0 aromatic rings. The number of rotatable bonds is 12. The van der Waals surface area contributed by atoms with E-state index in [1.54, 1.807) is 0 Å². The van der Waals surface area contributed by atoms with E-state index in [1.165, 1.54) is 18.4 Å². The third-order valence-corrected chi connectivity index (χ3v) is 7.65. The first-order valence-electron chi connectivity index (χ1n) is 11.4. The summed E-state index contributed by atoms with van der Waals surface area (Å²) in [5.41, 5.74) is -0.0123. The van der Waals surface area contributed by atoms with Crippen molar-refractivity contribution in [3.8, 4) is 0 Å². The van der Waals surface area contributed by atoms with Gasteiger partial charge in [0, 0.05) is 24.6 Å². The lowest BCUT2D eigenvalue weighted by molar-refractivity contribution is -0.124. The first-order valence-corrected chi connectivity index (χ1v) is 12.6. The van der Waals surface area contributed by atoms with Crippen LogP contribution in [-0.2, 0) is 14.3 Å². The Morgan fingerprint density at radius 3 is 2.25 bits per heavy atom. The van der Waals surface area contributed by atoms with E-state index in [0.29, 0.717) is 25.1 Å². The van der Waals surface area contributed by atoms with Crippen molar-refractivity contribution >= 4 is 35.2 Å². The minimum absolute atomic E-state index is 0.00709. The van der Waals surface area contributed by atoms with Crippen LogP contribution in [0.4, 0.5) is 17.6 Å². The summed E-state index contributed by atoms with van der Waals surface area (Å²) in [6.45, 7) is 6.82. The van der Waals surface area contributed by atoms with Gasteiger partial charge in [-0.15, -0.1) is 0 Å². The van der Waals surface area contributed by atoms with E-state index >= 15 is 0 Å².